The van der Waals surface area contributed by atoms with E-state index in [2.05, 4.69) is 48.3 Å². The van der Waals surface area contributed by atoms with Crippen molar-refractivity contribution in [3.8, 4) is 28.3 Å². The number of carboxylic acid groups (broad SMARTS) is 1. The van der Waals surface area contributed by atoms with Crippen molar-refractivity contribution in [1.82, 2.24) is 20.6 Å². The number of hydrogen-bond donors (Lipinski definition) is 3. The van der Waals surface area contributed by atoms with Gasteiger partial charge in [0.1, 0.15) is 11.8 Å². The monoisotopic (exact) mass is 636 g/mol. The summed E-state index contributed by atoms with van der Waals surface area (Å²) in [6.07, 6.45) is 6.93. The zero-order chi connectivity index (χ0) is 33.8. The third-order valence-corrected chi connectivity index (χ3v) is 7.78. The Bertz CT molecular complexity index is 1610. The lowest BCUT2D eigenvalue weighted by Gasteiger charge is -2.20. The average Bonchev–Trinajstić information content (AvgIpc) is 3.06. The molecule has 0 aliphatic heterocycles. The fourth-order valence-corrected chi connectivity index (χ4v) is 4.93. The number of unbranched alkanes of at least 4 members (excludes halogenated alkanes) is 2. The van der Waals surface area contributed by atoms with Crippen LogP contribution in [0.25, 0.3) is 22.5 Å². The van der Waals surface area contributed by atoms with E-state index >= 15 is 0 Å². The summed E-state index contributed by atoms with van der Waals surface area (Å²) in [4.78, 5) is 46.3. The summed E-state index contributed by atoms with van der Waals surface area (Å²) in [6, 6.07) is 21.8. The first-order chi connectivity index (χ1) is 22.5. The van der Waals surface area contributed by atoms with Crippen LogP contribution in [-0.4, -0.2) is 52.1 Å². The third-order valence-electron chi connectivity index (χ3n) is 7.78. The largest absolute Gasteiger partial charge is 0.494 e. The van der Waals surface area contributed by atoms with Gasteiger partial charge < -0.3 is 20.5 Å². The molecule has 0 saturated carbocycles. The molecule has 2 amide bonds. The Morgan fingerprint density at radius 2 is 1.47 bits per heavy atom. The van der Waals surface area contributed by atoms with Gasteiger partial charge in [0.25, 0.3) is 5.91 Å². The first-order valence-corrected chi connectivity index (χ1v) is 16.1. The van der Waals surface area contributed by atoms with Crippen LogP contribution in [0.4, 0.5) is 0 Å². The molecule has 0 saturated heterocycles. The molecule has 3 aromatic carbocycles. The van der Waals surface area contributed by atoms with Crippen molar-refractivity contribution < 1.29 is 24.2 Å². The van der Waals surface area contributed by atoms with Crippen molar-refractivity contribution in [2.75, 3.05) is 13.2 Å². The molecule has 9 heteroatoms. The highest BCUT2D eigenvalue weighted by Gasteiger charge is 2.23. The van der Waals surface area contributed by atoms with E-state index in [-0.39, 0.29) is 30.7 Å². The first kappa shape index (κ1) is 34.8. The summed E-state index contributed by atoms with van der Waals surface area (Å²) in [5, 5.41) is 14.4. The SMILES string of the molecule is CCCCCOc1ccc(-c2cnc(-c3ccc(C[C@H](NC(=O)c4ccc(C(C)(C)C)cc4)C(=O)NCCC(=O)O)cc3)nc2)cc1. The van der Waals surface area contributed by atoms with E-state index in [1.54, 1.807) is 24.5 Å². The minimum absolute atomic E-state index is 0.0376. The van der Waals surface area contributed by atoms with E-state index in [0.717, 1.165) is 52.8 Å². The highest BCUT2D eigenvalue weighted by atomic mass is 16.5. The third kappa shape index (κ3) is 10.5. The number of ether oxygens (including phenoxy) is 1. The van der Waals surface area contributed by atoms with Crippen LogP contribution >= 0.6 is 0 Å². The van der Waals surface area contributed by atoms with Crippen molar-refractivity contribution >= 4 is 17.8 Å². The summed E-state index contributed by atoms with van der Waals surface area (Å²) in [5.41, 5.74) is 4.97. The second-order valence-corrected chi connectivity index (χ2v) is 12.6. The van der Waals surface area contributed by atoms with Gasteiger partial charge in [-0.1, -0.05) is 89.1 Å². The van der Waals surface area contributed by atoms with Crippen molar-refractivity contribution in [3.63, 3.8) is 0 Å². The fourth-order valence-electron chi connectivity index (χ4n) is 4.93. The zero-order valence-corrected chi connectivity index (χ0v) is 27.6. The number of aromatic nitrogens is 2. The zero-order valence-electron chi connectivity index (χ0n) is 27.6. The Balaban J connectivity index is 1.42. The van der Waals surface area contributed by atoms with E-state index in [9.17, 15) is 14.4 Å². The lowest BCUT2D eigenvalue weighted by atomic mass is 9.86. The molecule has 0 bridgehead atoms. The number of carbonyl (C=O) groups excluding carboxylic acids is 2. The van der Waals surface area contributed by atoms with Crippen molar-refractivity contribution in [3.05, 3.63) is 102 Å². The smallest absolute Gasteiger partial charge is 0.305 e. The molecule has 1 aromatic heterocycles. The number of carboxylic acids is 1. The number of benzene rings is 3. The molecule has 9 nitrogen and oxygen atoms in total. The Morgan fingerprint density at radius 3 is 2.06 bits per heavy atom. The Labute approximate surface area is 276 Å². The molecule has 0 radical (unpaired) electrons. The summed E-state index contributed by atoms with van der Waals surface area (Å²) >= 11 is 0. The molecule has 4 rings (SSSR count). The van der Waals surface area contributed by atoms with Crippen LogP contribution in [0.2, 0.25) is 0 Å². The topological polar surface area (TPSA) is 131 Å². The Hall–Kier alpha value is -5.05. The van der Waals surface area contributed by atoms with Crippen molar-refractivity contribution in [1.29, 1.82) is 0 Å². The maximum atomic E-state index is 13.1. The predicted octanol–water partition coefficient (Wildman–Crippen LogP) is 6.61. The van der Waals surface area contributed by atoms with Gasteiger partial charge in [-0.25, -0.2) is 9.97 Å². The maximum absolute atomic E-state index is 13.1. The van der Waals surface area contributed by atoms with Gasteiger partial charge in [-0.05, 0) is 52.8 Å². The van der Waals surface area contributed by atoms with Crippen molar-refractivity contribution in [2.45, 2.75) is 71.3 Å². The summed E-state index contributed by atoms with van der Waals surface area (Å²) < 4.78 is 5.81. The number of rotatable bonds is 15. The molecule has 246 valence electrons. The standard InChI is InChI=1S/C38H44N4O5/c1-5-6-7-22-47-32-18-14-27(15-19-32)30-24-40-35(41-25-30)28-10-8-26(9-11-28)23-33(37(46)39-21-20-34(43)44)42-36(45)29-12-16-31(17-13-29)38(2,3)4/h8-19,24-25,33H,5-7,20-23H2,1-4H3,(H,39,46)(H,42,45)(H,43,44)/t33-/m0/s1. The summed E-state index contributed by atoms with van der Waals surface area (Å²) in [5.74, 6) is -0.452. The normalized spacial score (nSPS) is 11.8. The van der Waals surface area contributed by atoms with Gasteiger partial charge in [-0.3, -0.25) is 14.4 Å². The highest BCUT2D eigenvalue weighted by molar-refractivity contribution is 5.97. The highest BCUT2D eigenvalue weighted by Crippen LogP contribution is 2.24. The number of aliphatic carboxylic acids is 1. The maximum Gasteiger partial charge on any atom is 0.305 e. The second-order valence-electron chi connectivity index (χ2n) is 12.6. The van der Waals surface area contributed by atoms with Gasteiger partial charge in [-0.2, -0.15) is 0 Å². The lowest BCUT2D eigenvalue weighted by Crippen LogP contribution is -2.48. The molecule has 0 fully saturated rings. The minimum atomic E-state index is -1.02. The molecule has 0 spiro atoms. The lowest BCUT2D eigenvalue weighted by molar-refractivity contribution is -0.137. The fraction of sp³-hybridized carbons (Fsp3) is 0.342. The van der Waals surface area contributed by atoms with Crippen LogP contribution in [0.3, 0.4) is 0 Å². The van der Waals surface area contributed by atoms with Crippen LogP contribution in [-0.2, 0) is 21.4 Å². The first-order valence-electron chi connectivity index (χ1n) is 16.1. The number of amides is 2. The summed E-state index contributed by atoms with van der Waals surface area (Å²) in [7, 11) is 0. The van der Waals surface area contributed by atoms with E-state index in [1.807, 2.05) is 60.7 Å². The van der Waals surface area contributed by atoms with Crippen LogP contribution in [0.15, 0.2) is 85.2 Å². The Morgan fingerprint density at radius 1 is 0.830 bits per heavy atom. The van der Waals surface area contributed by atoms with Gasteiger partial charge in [0.05, 0.1) is 13.0 Å². The van der Waals surface area contributed by atoms with E-state index in [4.69, 9.17) is 9.84 Å². The predicted molar refractivity (Wildman–Crippen MR) is 183 cm³/mol. The molecule has 0 aliphatic rings. The van der Waals surface area contributed by atoms with E-state index in [0.29, 0.717) is 18.0 Å². The average molecular weight is 637 g/mol. The molecule has 4 aromatic rings. The molecule has 0 unspecified atom stereocenters. The van der Waals surface area contributed by atoms with Crippen LogP contribution in [0.5, 0.6) is 5.75 Å². The van der Waals surface area contributed by atoms with E-state index < -0.39 is 17.9 Å². The molecular weight excluding hydrogens is 592 g/mol. The van der Waals surface area contributed by atoms with Gasteiger partial charge in [0.15, 0.2) is 5.82 Å². The molecule has 1 atom stereocenters. The van der Waals surface area contributed by atoms with Crippen molar-refractivity contribution in [2.24, 2.45) is 0 Å². The molecule has 3 N–H and O–H groups in total. The quantitative estimate of drug-likeness (QED) is 0.125. The van der Waals surface area contributed by atoms with Crippen LogP contribution in [0.1, 0.15) is 74.9 Å². The Kier molecular flexibility index (Phi) is 12.2. The number of carbonyl (C=O) groups is 3. The number of nitrogens with zero attached hydrogens (tertiary/aromatic N) is 2. The van der Waals surface area contributed by atoms with Crippen LogP contribution < -0.4 is 15.4 Å². The van der Waals surface area contributed by atoms with Crippen LogP contribution in [0, 0.1) is 0 Å². The molecule has 47 heavy (non-hydrogen) atoms. The molecular formula is C38H44N4O5. The molecule has 1 heterocycles. The molecule has 0 aliphatic carbocycles. The van der Waals surface area contributed by atoms with Gasteiger partial charge in [-0.15, -0.1) is 0 Å². The minimum Gasteiger partial charge on any atom is -0.494 e. The second kappa shape index (κ2) is 16.5. The van der Waals surface area contributed by atoms with Gasteiger partial charge in [0, 0.05) is 42.0 Å². The summed E-state index contributed by atoms with van der Waals surface area (Å²) in [6.45, 7) is 9.13. The van der Waals surface area contributed by atoms with Gasteiger partial charge >= 0.3 is 5.97 Å². The number of nitrogens with one attached hydrogen (secondary N) is 2. The van der Waals surface area contributed by atoms with Gasteiger partial charge in [0.2, 0.25) is 5.91 Å². The van der Waals surface area contributed by atoms with E-state index in [1.165, 1.54) is 0 Å². The number of hydrogen-bond acceptors (Lipinski definition) is 6.